The van der Waals surface area contributed by atoms with Gasteiger partial charge < -0.3 is 9.88 Å². The summed E-state index contributed by atoms with van der Waals surface area (Å²) in [5, 5.41) is 7.92. The molecule has 0 saturated heterocycles. The van der Waals surface area contributed by atoms with E-state index >= 15 is 0 Å². The van der Waals surface area contributed by atoms with Gasteiger partial charge in [0.2, 0.25) is 0 Å². The van der Waals surface area contributed by atoms with Gasteiger partial charge in [-0.05, 0) is 56.5 Å². The zero-order chi connectivity index (χ0) is 18.1. The van der Waals surface area contributed by atoms with E-state index < -0.39 is 0 Å². The van der Waals surface area contributed by atoms with Crippen molar-refractivity contribution >= 4 is 5.91 Å². The number of amides is 1. The van der Waals surface area contributed by atoms with Crippen molar-refractivity contribution in [3.05, 3.63) is 65.6 Å². The van der Waals surface area contributed by atoms with Crippen LogP contribution in [0.2, 0.25) is 0 Å². The molecule has 26 heavy (non-hydrogen) atoms. The first-order valence-corrected chi connectivity index (χ1v) is 9.24. The highest BCUT2D eigenvalue weighted by Gasteiger charge is 2.26. The highest BCUT2D eigenvalue weighted by Crippen LogP contribution is 2.25. The molecule has 0 atom stereocenters. The SMILES string of the molecule is Cc1cccc(-n2nc(C)c(C(=O)NC3CCCC3)c2-n2cccc2)c1. The van der Waals surface area contributed by atoms with Crippen molar-refractivity contribution in [2.45, 2.75) is 45.6 Å². The molecule has 5 heteroatoms. The number of rotatable bonds is 4. The Morgan fingerprint density at radius 2 is 1.85 bits per heavy atom. The van der Waals surface area contributed by atoms with E-state index in [1.807, 2.05) is 52.8 Å². The smallest absolute Gasteiger partial charge is 0.257 e. The number of hydrogen-bond donors (Lipinski definition) is 1. The van der Waals surface area contributed by atoms with E-state index in [-0.39, 0.29) is 11.9 Å². The van der Waals surface area contributed by atoms with E-state index in [2.05, 4.69) is 24.4 Å². The van der Waals surface area contributed by atoms with Crippen molar-refractivity contribution in [1.82, 2.24) is 19.7 Å². The third-order valence-corrected chi connectivity index (χ3v) is 5.05. The van der Waals surface area contributed by atoms with Crippen LogP contribution >= 0.6 is 0 Å². The van der Waals surface area contributed by atoms with Crippen LogP contribution < -0.4 is 5.32 Å². The summed E-state index contributed by atoms with van der Waals surface area (Å²) < 4.78 is 3.83. The average molecular weight is 348 g/mol. The Bertz CT molecular complexity index is 918. The summed E-state index contributed by atoms with van der Waals surface area (Å²) in [4.78, 5) is 13.1. The normalized spacial score (nSPS) is 14.7. The van der Waals surface area contributed by atoms with Gasteiger partial charge in [-0.3, -0.25) is 4.79 Å². The number of nitrogens with one attached hydrogen (secondary N) is 1. The van der Waals surface area contributed by atoms with Crippen LogP contribution in [0.25, 0.3) is 11.5 Å². The maximum Gasteiger partial charge on any atom is 0.257 e. The lowest BCUT2D eigenvalue weighted by Gasteiger charge is -2.14. The zero-order valence-electron chi connectivity index (χ0n) is 15.3. The molecule has 0 aliphatic heterocycles. The minimum Gasteiger partial charge on any atom is -0.349 e. The summed E-state index contributed by atoms with van der Waals surface area (Å²) in [6.45, 7) is 3.96. The van der Waals surface area contributed by atoms with Crippen molar-refractivity contribution in [1.29, 1.82) is 0 Å². The molecule has 3 aromatic rings. The molecule has 0 unspecified atom stereocenters. The summed E-state index contributed by atoms with van der Waals surface area (Å²) in [6, 6.07) is 12.4. The molecule has 0 radical (unpaired) electrons. The van der Waals surface area contributed by atoms with Crippen LogP contribution in [0.3, 0.4) is 0 Å². The molecular formula is C21H24N4O. The van der Waals surface area contributed by atoms with E-state index in [0.29, 0.717) is 5.56 Å². The van der Waals surface area contributed by atoms with Crippen LogP contribution in [0.5, 0.6) is 0 Å². The van der Waals surface area contributed by atoms with Gasteiger partial charge in [0.25, 0.3) is 5.91 Å². The molecule has 1 aromatic carbocycles. The van der Waals surface area contributed by atoms with Gasteiger partial charge in [-0.25, -0.2) is 4.68 Å². The van der Waals surface area contributed by atoms with Crippen molar-refractivity contribution in [3.8, 4) is 11.5 Å². The summed E-state index contributed by atoms with van der Waals surface area (Å²) in [5.41, 5.74) is 3.50. The minimum absolute atomic E-state index is 0.0306. The Morgan fingerprint density at radius 1 is 1.12 bits per heavy atom. The van der Waals surface area contributed by atoms with E-state index in [4.69, 9.17) is 5.10 Å². The minimum atomic E-state index is -0.0306. The number of carbonyl (C=O) groups is 1. The summed E-state index contributed by atoms with van der Waals surface area (Å²) in [5.74, 6) is 0.755. The van der Waals surface area contributed by atoms with Crippen molar-refractivity contribution in [2.75, 3.05) is 0 Å². The van der Waals surface area contributed by atoms with Gasteiger partial charge in [0.15, 0.2) is 5.82 Å². The zero-order valence-corrected chi connectivity index (χ0v) is 15.3. The molecule has 2 heterocycles. The number of aromatic nitrogens is 3. The predicted octanol–water partition coefficient (Wildman–Crippen LogP) is 3.95. The molecule has 0 spiro atoms. The van der Waals surface area contributed by atoms with E-state index in [0.717, 1.165) is 35.6 Å². The standard InChI is InChI=1S/C21H24N4O/c1-15-8-7-11-18(14-15)25-21(24-12-5-6-13-24)19(16(2)23-25)20(26)22-17-9-3-4-10-17/h5-8,11-14,17H,3-4,9-10H2,1-2H3,(H,22,26). The van der Waals surface area contributed by atoms with Gasteiger partial charge in [-0.15, -0.1) is 0 Å². The molecule has 1 aliphatic rings. The Balaban J connectivity index is 1.82. The second kappa shape index (κ2) is 6.83. The fraction of sp³-hybridized carbons (Fsp3) is 0.333. The lowest BCUT2D eigenvalue weighted by molar-refractivity contribution is 0.0937. The molecule has 1 aliphatic carbocycles. The number of nitrogens with zero attached hydrogens (tertiary/aromatic N) is 3. The van der Waals surface area contributed by atoms with E-state index in [1.54, 1.807) is 0 Å². The number of hydrogen-bond acceptors (Lipinski definition) is 2. The molecule has 2 aromatic heterocycles. The highest BCUT2D eigenvalue weighted by atomic mass is 16.1. The van der Waals surface area contributed by atoms with Crippen LogP contribution in [-0.2, 0) is 0 Å². The molecule has 5 nitrogen and oxygen atoms in total. The van der Waals surface area contributed by atoms with Gasteiger partial charge in [-0.2, -0.15) is 5.10 Å². The average Bonchev–Trinajstić information content (AvgIpc) is 3.34. The molecule has 1 fully saturated rings. The van der Waals surface area contributed by atoms with Gasteiger partial charge in [0, 0.05) is 18.4 Å². The predicted molar refractivity (Wildman–Crippen MR) is 102 cm³/mol. The lowest BCUT2D eigenvalue weighted by atomic mass is 10.2. The second-order valence-electron chi connectivity index (χ2n) is 7.08. The van der Waals surface area contributed by atoms with E-state index in [1.165, 1.54) is 12.8 Å². The van der Waals surface area contributed by atoms with Crippen molar-refractivity contribution in [2.24, 2.45) is 0 Å². The molecule has 1 N–H and O–H groups in total. The second-order valence-corrected chi connectivity index (χ2v) is 7.08. The summed E-state index contributed by atoms with van der Waals surface area (Å²) in [7, 11) is 0. The Labute approximate surface area is 153 Å². The molecule has 4 rings (SSSR count). The first-order chi connectivity index (χ1) is 12.6. The van der Waals surface area contributed by atoms with Crippen LogP contribution in [0.1, 0.15) is 47.3 Å². The van der Waals surface area contributed by atoms with Crippen LogP contribution in [0, 0.1) is 13.8 Å². The van der Waals surface area contributed by atoms with Crippen LogP contribution in [-0.4, -0.2) is 26.3 Å². The molecule has 134 valence electrons. The molecule has 1 saturated carbocycles. The van der Waals surface area contributed by atoms with Gasteiger partial charge >= 0.3 is 0 Å². The van der Waals surface area contributed by atoms with Crippen LogP contribution in [0.15, 0.2) is 48.8 Å². The Hall–Kier alpha value is -2.82. The maximum absolute atomic E-state index is 13.1. The maximum atomic E-state index is 13.1. The topological polar surface area (TPSA) is 51.9 Å². The number of carbonyl (C=O) groups excluding carboxylic acids is 1. The summed E-state index contributed by atoms with van der Waals surface area (Å²) >= 11 is 0. The van der Waals surface area contributed by atoms with Crippen molar-refractivity contribution in [3.63, 3.8) is 0 Å². The quantitative estimate of drug-likeness (QED) is 0.776. The molecule has 1 amide bonds. The third-order valence-electron chi connectivity index (χ3n) is 5.05. The molecular weight excluding hydrogens is 324 g/mol. The number of aryl methyl sites for hydroxylation is 2. The highest BCUT2D eigenvalue weighted by molar-refractivity contribution is 5.98. The first-order valence-electron chi connectivity index (χ1n) is 9.24. The van der Waals surface area contributed by atoms with Gasteiger partial charge in [-0.1, -0.05) is 25.0 Å². The van der Waals surface area contributed by atoms with Gasteiger partial charge in [0.05, 0.1) is 11.4 Å². The lowest BCUT2D eigenvalue weighted by Crippen LogP contribution is -2.33. The van der Waals surface area contributed by atoms with Crippen LogP contribution in [0.4, 0.5) is 0 Å². The Morgan fingerprint density at radius 3 is 2.54 bits per heavy atom. The van der Waals surface area contributed by atoms with Crippen molar-refractivity contribution < 1.29 is 4.79 Å². The largest absolute Gasteiger partial charge is 0.349 e. The monoisotopic (exact) mass is 348 g/mol. The third kappa shape index (κ3) is 3.05. The van der Waals surface area contributed by atoms with Gasteiger partial charge in [0.1, 0.15) is 5.56 Å². The fourth-order valence-corrected chi connectivity index (χ4v) is 3.76. The Kier molecular flexibility index (Phi) is 4.37. The fourth-order valence-electron chi connectivity index (χ4n) is 3.76. The first kappa shape index (κ1) is 16.6. The summed E-state index contributed by atoms with van der Waals surface area (Å²) in [6.07, 6.45) is 8.42. The number of benzene rings is 1. The van der Waals surface area contributed by atoms with E-state index in [9.17, 15) is 4.79 Å². The molecule has 0 bridgehead atoms.